The molecule has 4 rings (SSSR count). The van der Waals surface area contributed by atoms with Crippen molar-refractivity contribution in [2.24, 2.45) is 12.2 Å². The SMILES string of the molecule is Cc1cc(C2(C)CC(c3ccc(Cl)c(C(=O)NC4CC4)c3)=NO2)n(C)n1. The fraction of sp³-hybridized carbons (Fsp3) is 0.421. The zero-order chi connectivity index (χ0) is 18.5. The first-order valence-corrected chi connectivity index (χ1v) is 9.10. The number of aromatic nitrogens is 2. The molecule has 6 nitrogen and oxygen atoms in total. The molecule has 1 aliphatic heterocycles. The van der Waals surface area contributed by atoms with Crippen LogP contribution in [0.5, 0.6) is 0 Å². The summed E-state index contributed by atoms with van der Waals surface area (Å²) in [6.07, 6.45) is 2.66. The molecule has 0 spiro atoms. The van der Waals surface area contributed by atoms with Crippen molar-refractivity contribution >= 4 is 23.2 Å². The molecule has 1 saturated carbocycles. The van der Waals surface area contributed by atoms with Crippen molar-refractivity contribution in [2.45, 2.75) is 44.8 Å². The molecule has 1 fully saturated rings. The highest BCUT2D eigenvalue weighted by Crippen LogP contribution is 2.36. The highest BCUT2D eigenvalue weighted by Gasteiger charge is 2.39. The fourth-order valence-electron chi connectivity index (χ4n) is 3.31. The first kappa shape index (κ1) is 17.1. The molecule has 1 atom stereocenters. The molecule has 0 saturated heterocycles. The highest BCUT2D eigenvalue weighted by atomic mass is 35.5. The molecule has 1 amide bonds. The molecule has 7 heteroatoms. The molecule has 1 aromatic carbocycles. The molecule has 2 heterocycles. The van der Waals surface area contributed by atoms with Crippen LogP contribution >= 0.6 is 11.6 Å². The predicted octanol–water partition coefficient (Wildman–Crippen LogP) is 3.31. The summed E-state index contributed by atoms with van der Waals surface area (Å²) in [5.74, 6) is -0.135. The number of halogens is 1. The van der Waals surface area contributed by atoms with E-state index in [-0.39, 0.29) is 11.9 Å². The van der Waals surface area contributed by atoms with E-state index < -0.39 is 5.60 Å². The van der Waals surface area contributed by atoms with Gasteiger partial charge in [0.25, 0.3) is 5.91 Å². The van der Waals surface area contributed by atoms with Gasteiger partial charge in [0.15, 0.2) is 5.60 Å². The van der Waals surface area contributed by atoms with Crippen molar-refractivity contribution in [3.05, 3.63) is 51.8 Å². The average Bonchev–Trinajstić information content (AvgIpc) is 3.21. The van der Waals surface area contributed by atoms with Crippen molar-refractivity contribution in [2.75, 3.05) is 0 Å². The van der Waals surface area contributed by atoms with Gasteiger partial charge < -0.3 is 10.2 Å². The lowest BCUT2D eigenvalue weighted by Gasteiger charge is -2.21. The topological polar surface area (TPSA) is 68.5 Å². The van der Waals surface area contributed by atoms with E-state index in [1.54, 1.807) is 12.1 Å². The average molecular weight is 373 g/mol. The molecule has 1 N–H and O–H groups in total. The van der Waals surface area contributed by atoms with Gasteiger partial charge in [-0.25, -0.2) is 0 Å². The number of nitrogens with one attached hydrogen (secondary N) is 1. The van der Waals surface area contributed by atoms with Crippen LogP contribution < -0.4 is 5.32 Å². The maximum Gasteiger partial charge on any atom is 0.253 e. The molecule has 1 aliphatic carbocycles. The Bertz CT molecular complexity index is 916. The van der Waals surface area contributed by atoms with Gasteiger partial charge in [-0.3, -0.25) is 9.48 Å². The van der Waals surface area contributed by atoms with E-state index >= 15 is 0 Å². The summed E-state index contributed by atoms with van der Waals surface area (Å²) in [5, 5.41) is 12.1. The van der Waals surface area contributed by atoms with Crippen molar-refractivity contribution < 1.29 is 9.63 Å². The van der Waals surface area contributed by atoms with Crippen LogP contribution in [0, 0.1) is 6.92 Å². The van der Waals surface area contributed by atoms with Gasteiger partial charge in [0.05, 0.1) is 27.7 Å². The normalized spacial score (nSPS) is 22.1. The van der Waals surface area contributed by atoms with Crippen LogP contribution in [0.15, 0.2) is 29.4 Å². The Balaban J connectivity index is 1.58. The third-order valence-electron chi connectivity index (χ3n) is 4.86. The van der Waals surface area contributed by atoms with Gasteiger partial charge >= 0.3 is 0 Å². The quantitative estimate of drug-likeness (QED) is 0.895. The molecule has 2 aromatic rings. The Morgan fingerprint density at radius 3 is 2.81 bits per heavy atom. The Kier molecular flexibility index (Phi) is 4.03. The van der Waals surface area contributed by atoms with E-state index in [0.29, 0.717) is 17.0 Å². The second-order valence-corrected chi connectivity index (χ2v) is 7.68. The van der Waals surface area contributed by atoms with E-state index in [1.807, 2.05) is 37.7 Å². The maximum atomic E-state index is 12.4. The lowest BCUT2D eigenvalue weighted by molar-refractivity contribution is -0.0135. The minimum atomic E-state index is -0.582. The molecule has 1 aromatic heterocycles. The van der Waals surface area contributed by atoms with Crippen LogP contribution in [-0.2, 0) is 17.5 Å². The smallest absolute Gasteiger partial charge is 0.253 e. The molecule has 1 unspecified atom stereocenters. The molecule has 0 radical (unpaired) electrons. The van der Waals surface area contributed by atoms with Gasteiger partial charge in [0.2, 0.25) is 0 Å². The predicted molar refractivity (Wildman–Crippen MR) is 99.5 cm³/mol. The number of oxime groups is 1. The number of amides is 1. The summed E-state index contributed by atoms with van der Waals surface area (Å²) in [7, 11) is 1.90. The molecule has 26 heavy (non-hydrogen) atoms. The number of benzene rings is 1. The number of nitrogens with zero attached hydrogens (tertiary/aromatic N) is 3. The monoisotopic (exact) mass is 372 g/mol. The Morgan fingerprint density at radius 1 is 1.38 bits per heavy atom. The third-order valence-corrected chi connectivity index (χ3v) is 5.19. The molecule has 0 bridgehead atoms. The van der Waals surface area contributed by atoms with Crippen LogP contribution in [0.4, 0.5) is 0 Å². The van der Waals surface area contributed by atoms with Gasteiger partial charge in [-0.05, 0) is 44.9 Å². The second kappa shape index (κ2) is 6.13. The number of hydrogen-bond acceptors (Lipinski definition) is 4. The second-order valence-electron chi connectivity index (χ2n) is 7.27. The van der Waals surface area contributed by atoms with E-state index in [4.69, 9.17) is 16.4 Å². The Labute approximate surface area is 157 Å². The molecular weight excluding hydrogens is 352 g/mol. The molecular formula is C19H21ClN4O2. The van der Waals surface area contributed by atoms with E-state index in [1.165, 1.54) is 0 Å². The largest absolute Gasteiger partial charge is 0.382 e. The minimum Gasteiger partial charge on any atom is -0.382 e. The van der Waals surface area contributed by atoms with Crippen LogP contribution in [0.3, 0.4) is 0 Å². The highest BCUT2D eigenvalue weighted by molar-refractivity contribution is 6.34. The number of rotatable bonds is 4. The number of carbonyl (C=O) groups is 1. The van der Waals surface area contributed by atoms with Crippen LogP contribution in [-0.4, -0.2) is 27.4 Å². The Hall–Kier alpha value is -2.34. The summed E-state index contributed by atoms with van der Waals surface area (Å²) in [5.41, 5.74) is 3.44. The first-order valence-electron chi connectivity index (χ1n) is 8.73. The minimum absolute atomic E-state index is 0.135. The number of hydrogen-bond donors (Lipinski definition) is 1. The summed E-state index contributed by atoms with van der Waals surface area (Å²) in [6, 6.07) is 7.70. The van der Waals surface area contributed by atoms with Crippen molar-refractivity contribution in [1.82, 2.24) is 15.1 Å². The third kappa shape index (κ3) is 3.09. The Morgan fingerprint density at radius 2 is 2.15 bits per heavy atom. The van der Waals surface area contributed by atoms with E-state index in [9.17, 15) is 4.79 Å². The fourth-order valence-corrected chi connectivity index (χ4v) is 3.51. The van der Waals surface area contributed by atoms with Gasteiger partial charge in [0.1, 0.15) is 0 Å². The summed E-state index contributed by atoms with van der Waals surface area (Å²) >= 11 is 6.23. The van der Waals surface area contributed by atoms with Crippen LogP contribution in [0.1, 0.15) is 53.5 Å². The lowest BCUT2D eigenvalue weighted by atomic mass is 9.92. The standard InChI is InChI=1S/C19H21ClN4O2/c1-11-8-17(24(3)22-11)19(2)10-16(23-26-19)12-4-7-15(20)14(9-12)18(25)21-13-5-6-13/h4,7-9,13H,5-6,10H2,1-3H3,(H,21,25). The van der Waals surface area contributed by atoms with E-state index in [2.05, 4.69) is 15.6 Å². The number of aryl methyl sites for hydroxylation is 2. The summed E-state index contributed by atoms with van der Waals surface area (Å²) < 4.78 is 1.82. The van der Waals surface area contributed by atoms with Gasteiger partial charge in [0, 0.05) is 25.1 Å². The number of carbonyl (C=O) groups excluding carboxylic acids is 1. The van der Waals surface area contributed by atoms with Crippen LogP contribution in [0.25, 0.3) is 0 Å². The van der Waals surface area contributed by atoms with Gasteiger partial charge in [-0.2, -0.15) is 5.10 Å². The maximum absolute atomic E-state index is 12.4. The van der Waals surface area contributed by atoms with Gasteiger partial charge in [-0.15, -0.1) is 0 Å². The van der Waals surface area contributed by atoms with Crippen molar-refractivity contribution in [3.63, 3.8) is 0 Å². The summed E-state index contributed by atoms with van der Waals surface area (Å²) in [4.78, 5) is 18.2. The molecule has 2 aliphatic rings. The van der Waals surface area contributed by atoms with Gasteiger partial charge in [-0.1, -0.05) is 22.8 Å². The first-order chi connectivity index (χ1) is 12.4. The summed E-state index contributed by atoms with van der Waals surface area (Å²) in [6.45, 7) is 3.95. The van der Waals surface area contributed by atoms with Crippen LogP contribution in [0.2, 0.25) is 5.02 Å². The zero-order valence-electron chi connectivity index (χ0n) is 15.0. The molecule has 136 valence electrons. The zero-order valence-corrected chi connectivity index (χ0v) is 15.8. The van der Waals surface area contributed by atoms with Crippen molar-refractivity contribution in [1.29, 1.82) is 0 Å². The van der Waals surface area contributed by atoms with E-state index in [0.717, 1.165) is 35.5 Å². The lowest BCUT2D eigenvalue weighted by Crippen LogP contribution is -2.26. The van der Waals surface area contributed by atoms with Crippen molar-refractivity contribution in [3.8, 4) is 0 Å².